The molecule has 1 heteroatoms. The van der Waals surface area contributed by atoms with E-state index in [0.29, 0.717) is 0 Å². The van der Waals surface area contributed by atoms with Crippen molar-refractivity contribution >= 4 is 0 Å². The maximum absolute atomic E-state index is 3.10. The Balaban J connectivity index is -0.000000196. The molecule has 0 radical (unpaired) electrons. The molecular weight excluding hydrogens is 293 g/mol. The molecule has 0 N–H and O–H groups in total. The molecule has 0 heterocycles. The van der Waals surface area contributed by atoms with E-state index in [-0.39, 0.29) is 34.3 Å². The topological polar surface area (TPSA) is 0 Å². The van der Waals surface area contributed by atoms with Gasteiger partial charge >= 0.3 is 19.5 Å². The van der Waals surface area contributed by atoms with Crippen LogP contribution in [0.15, 0.2) is 17.9 Å². The van der Waals surface area contributed by atoms with Crippen LogP contribution in [-0.2, 0) is 19.5 Å². The molecule has 0 spiro atoms. The standard InChI is InChI=1S/C7H14.C7H10.2CH3.Ru/c2*1-2-4-6-7-5-3-1;;;/h1-7H2;1,5H,2,4,6-7H2;2*1H3;/q;;2*-1;+2. The monoisotopic (exact) mass is 324 g/mol. The van der Waals surface area contributed by atoms with Gasteiger partial charge in [0.25, 0.3) is 0 Å². The maximum atomic E-state index is 3.10. The van der Waals surface area contributed by atoms with Crippen LogP contribution in [-0.4, -0.2) is 0 Å². The van der Waals surface area contributed by atoms with Crippen LogP contribution in [0.1, 0.15) is 70.6 Å². The van der Waals surface area contributed by atoms with Gasteiger partial charge in [-0.05, 0) is 37.8 Å². The zero-order valence-corrected chi connectivity index (χ0v) is 13.5. The van der Waals surface area contributed by atoms with Crippen molar-refractivity contribution in [1.29, 1.82) is 0 Å². The van der Waals surface area contributed by atoms with Crippen LogP contribution < -0.4 is 0 Å². The molecule has 102 valence electrons. The Labute approximate surface area is 123 Å². The Bertz CT molecular complexity index is 148. The predicted molar refractivity (Wildman–Crippen MR) is 76.3 cm³/mol. The average molecular weight is 323 g/mol. The van der Waals surface area contributed by atoms with E-state index in [1.165, 1.54) is 70.6 Å². The molecule has 0 aromatic carbocycles. The molecule has 0 aliphatic heterocycles. The largest absolute Gasteiger partial charge is 2.00 e. The fourth-order valence-electron chi connectivity index (χ4n) is 1.98. The Morgan fingerprint density at radius 1 is 0.529 bits per heavy atom. The van der Waals surface area contributed by atoms with Crippen LogP contribution in [0.3, 0.4) is 0 Å². The van der Waals surface area contributed by atoms with Gasteiger partial charge in [-0.15, -0.1) is 5.73 Å². The van der Waals surface area contributed by atoms with Gasteiger partial charge in [0.15, 0.2) is 0 Å². The fraction of sp³-hybridized carbons (Fsp3) is 0.688. The van der Waals surface area contributed by atoms with Crippen LogP contribution in [0, 0.1) is 14.9 Å². The number of hydrogen-bond donors (Lipinski definition) is 0. The molecule has 2 aliphatic rings. The molecule has 0 atom stereocenters. The summed E-state index contributed by atoms with van der Waals surface area (Å²) in [4.78, 5) is 0. The van der Waals surface area contributed by atoms with Gasteiger partial charge in [-0.25, -0.2) is 0 Å². The van der Waals surface area contributed by atoms with Gasteiger partial charge in [0.2, 0.25) is 0 Å². The molecule has 17 heavy (non-hydrogen) atoms. The molecule has 0 amide bonds. The first kappa shape index (κ1) is 22.3. The van der Waals surface area contributed by atoms with Crippen molar-refractivity contribution in [2.45, 2.75) is 70.6 Å². The van der Waals surface area contributed by atoms with E-state index < -0.39 is 0 Å². The number of rotatable bonds is 0. The summed E-state index contributed by atoms with van der Waals surface area (Å²) in [5.41, 5.74) is 3.10. The first-order chi connectivity index (χ1) is 7.00. The minimum absolute atomic E-state index is 0. The van der Waals surface area contributed by atoms with Gasteiger partial charge in [0.05, 0.1) is 0 Å². The Hall–Kier alpha value is 0.143. The van der Waals surface area contributed by atoms with Crippen molar-refractivity contribution in [3.05, 3.63) is 32.7 Å². The maximum Gasteiger partial charge on any atom is 2.00 e. The molecule has 0 saturated heterocycles. The minimum Gasteiger partial charge on any atom is -0.358 e. The summed E-state index contributed by atoms with van der Waals surface area (Å²) in [5, 5.41) is 0. The predicted octanol–water partition coefficient (Wildman–Crippen LogP) is 5.90. The van der Waals surface area contributed by atoms with Gasteiger partial charge in [-0.3, -0.25) is 0 Å². The van der Waals surface area contributed by atoms with Crippen LogP contribution >= 0.6 is 0 Å². The number of allylic oxidation sites excluding steroid dienone is 1. The van der Waals surface area contributed by atoms with E-state index in [0.717, 1.165) is 0 Å². The summed E-state index contributed by atoms with van der Waals surface area (Å²) in [6.45, 7) is 0. The molecule has 0 aromatic rings. The van der Waals surface area contributed by atoms with Crippen molar-refractivity contribution in [1.82, 2.24) is 0 Å². The zero-order chi connectivity index (χ0) is 9.90. The van der Waals surface area contributed by atoms with Gasteiger partial charge in [-0.1, -0.05) is 44.9 Å². The van der Waals surface area contributed by atoms with Crippen LogP contribution in [0.25, 0.3) is 0 Å². The number of hydrogen-bond acceptors (Lipinski definition) is 0. The second-order valence-corrected chi connectivity index (χ2v) is 4.33. The van der Waals surface area contributed by atoms with Crippen LogP contribution in [0.5, 0.6) is 0 Å². The molecule has 0 unspecified atom stereocenters. The Morgan fingerprint density at radius 2 is 0.824 bits per heavy atom. The van der Waals surface area contributed by atoms with Gasteiger partial charge in [-0.2, -0.15) is 0 Å². The van der Waals surface area contributed by atoms with Crippen molar-refractivity contribution in [3.63, 3.8) is 0 Å². The third-order valence-corrected chi connectivity index (χ3v) is 2.93. The molecule has 0 aromatic heterocycles. The van der Waals surface area contributed by atoms with E-state index in [2.05, 4.69) is 17.9 Å². The minimum atomic E-state index is 0. The smallest absolute Gasteiger partial charge is 0.358 e. The fourth-order valence-corrected chi connectivity index (χ4v) is 1.98. The Kier molecular flexibility index (Phi) is 24.3. The summed E-state index contributed by atoms with van der Waals surface area (Å²) >= 11 is 0. The van der Waals surface area contributed by atoms with E-state index in [9.17, 15) is 0 Å². The average Bonchev–Trinajstić information content (AvgIpc) is 2.68. The third kappa shape index (κ3) is 16.1. The van der Waals surface area contributed by atoms with E-state index in [4.69, 9.17) is 0 Å². The summed E-state index contributed by atoms with van der Waals surface area (Å²) in [6, 6.07) is 0. The molecule has 1 fully saturated rings. The summed E-state index contributed by atoms with van der Waals surface area (Å²) < 4.78 is 0. The van der Waals surface area contributed by atoms with E-state index in [1.54, 1.807) is 0 Å². The third-order valence-electron chi connectivity index (χ3n) is 2.93. The summed E-state index contributed by atoms with van der Waals surface area (Å²) in [7, 11) is 0. The van der Waals surface area contributed by atoms with Crippen LogP contribution in [0.4, 0.5) is 0 Å². The van der Waals surface area contributed by atoms with Crippen molar-refractivity contribution in [2.24, 2.45) is 0 Å². The van der Waals surface area contributed by atoms with Crippen molar-refractivity contribution in [2.75, 3.05) is 0 Å². The van der Waals surface area contributed by atoms with Crippen LogP contribution in [0.2, 0.25) is 0 Å². The molecule has 0 nitrogen and oxygen atoms in total. The molecular formula is C16H30Ru. The van der Waals surface area contributed by atoms with Crippen molar-refractivity contribution < 1.29 is 19.5 Å². The second kappa shape index (κ2) is 18.5. The molecule has 1 saturated carbocycles. The first-order valence-corrected chi connectivity index (χ1v) is 6.39. The Morgan fingerprint density at radius 3 is 1.12 bits per heavy atom. The quantitative estimate of drug-likeness (QED) is 0.225. The second-order valence-electron chi connectivity index (χ2n) is 4.33. The van der Waals surface area contributed by atoms with Gasteiger partial charge < -0.3 is 14.9 Å². The van der Waals surface area contributed by atoms with E-state index >= 15 is 0 Å². The SMILES string of the molecule is C1=CCCCCC=1.C1CCCCCC1.[CH3-].[CH3-].[Ru+2]. The molecule has 2 aliphatic carbocycles. The van der Waals surface area contributed by atoms with E-state index in [1.807, 2.05) is 0 Å². The molecule has 0 bridgehead atoms. The summed E-state index contributed by atoms with van der Waals surface area (Å²) in [5.74, 6) is 0. The normalized spacial score (nSPS) is 17.9. The van der Waals surface area contributed by atoms with Crippen molar-refractivity contribution in [3.8, 4) is 0 Å². The molecule has 2 rings (SSSR count). The first-order valence-electron chi connectivity index (χ1n) is 6.39. The van der Waals surface area contributed by atoms with Gasteiger partial charge in [0.1, 0.15) is 0 Å². The van der Waals surface area contributed by atoms with Gasteiger partial charge in [0, 0.05) is 0 Å². The zero-order valence-electron chi connectivity index (χ0n) is 11.8. The summed E-state index contributed by atoms with van der Waals surface area (Å²) in [6.07, 6.45) is 19.9.